The van der Waals surface area contributed by atoms with Crippen LogP contribution >= 0.6 is 39.9 Å². The number of para-hydroxylation sites is 1. The van der Waals surface area contributed by atoms with Gasteiger partial charge in [0.1, 0.15) is 12.4 Å². The molecule has 1 fully saturated rings. The molecule has 32 heavy (non-hydrogen) atoms. The number of hydrogen-bond donors (Lipinski definition) is 0. The maximum atomic E-state index is 13.0. The van der Waals surface area contributed by atoms with Crippen molar-refractivity contribution in [3.63, 3.8) is 0 Å². The number of halogens is 1. The van der Waals surface area contributed by atoms with Gasteiger partial charge in [-0.05, 0) is 54.1 Å². The van der Waals surface area contributed by atoms with Crippen LogP contribution in [-0.4, -0.2) is 15.2 Å². The lowest BCUT2D eigenvalue weighted by atomic mass is 10.1. The molecule has 0 aromatic heterocycles. The first-order valence-electron chi connectivity index (χ1n) is 9.41. The van der Waals surface area contributed by atoms with Gasteiger partial charge < -0.3 is 4.74 Å². The molecule has 3 aromatic rings. The number of thioether (sulfide) groups is 1. The first-order valence-corrected chi connectivity index (χ1v) is 11.4. The monoisotopic (exact) mass is 526 g/mol. The molecule has 4 rings (SSSR count). The zero-order valence-electron chi connectivity index (χ0n) is 16.4. The predicted molar refractivity (Wildman–Crippen MR) is 134 cm³/mol. The molecule has 1 aliphatic heterocycles. The first kappa shape index (κ1) is 22.2. The summed E-state index contributed by atoms with van der Waals surface area (Å²) >= 11 is 10.1. The zero-order chi connectivity index (χ0) is 22.7. The molecule has 0 atom stereocenters. The fourth-order valence-corrected chi connectivity index (χ4v) is 4.72. The molecule has 0 N–H and O–H groups in total. The Hall–Kier alpha value is -3.01. The van der Waals surface area contributed by atoms with Crippen LogP contribution in [0.2, 0.25) is 0 Å². The number of nitrogens with zero attached hydrogens (tertiary/aromatic N) is 2. The average Bonchev–Trinajstić information content (AvgIpc) is 3.06. The number of carbonyl (C=O) groups is 1. The first-order chi connectivity index (χ1) is 15.4. The topological polar surface area (TPSA) is 72.7 Å². The number of carbonyl (C=O) groups excluding carboxylic acids is 1. The van der Waals surface area contributed by atoms with E-state index in [1.165, 1.54) is 28.8 Å². The Morgan fingerprint density at radius 3 is 2.50 bits per heavy atom. The van der Waals surface area contributed by atoms with Crippen LogP contribution in [0, 0.1) is 10.1 Å². The zero-order valence-corrected chi connectivity index (χ0v) is 19.7. The number of ether oxygens (including phenoxy) is 1. The quantitative estimate of drug-likeness (QED) is 0.161. The molecule has 1 saturated heterocycles. The standard InChI is InChI=1S/C23H15BrN2O4S2/c24-17-8-11-20(30-14-15-6-9-19(10-7-15)26(28)29)16(12-17)13-21-22(27)25(23(31)32-21)18-4-2-1-3-5-18/h1-13H,14H2/b21-13+. The number of anilines is 1. The highest BCUT2D eigenvalue weighted by atomic mass is 79.9. The highest BCUT2D eigenvalue weighted by molar-refractivity contribution is 9.10. The largest absolute Gasteiger partial charge is 0.488 e. The van der Waals surface area contributed by atoms with E-state index in [1.54, 1.807) is 24.3 Å². The maximum Gasteiger partial charge on any atom is 0.270 e. The summed E-state index contributed by atoms with van der Waals surface area (Å²) < 4.78 is 7.27. The van der Waals surface area contributed by atoms with Gasteiger partial charge in [-0.2, -0.15) is 0 Å². The summed E-state index contributed by atoms with van der Waals surface area (Å²) in [4.78, 5) is 25.4. The summed E-state index contributed by atoms with van der Waals surface area (Å²) in [6.45, 7) is 0.228. The van der Waals surface area contributed by atoms with Gasteiger partial charge in [0.2, 0.25) is 0 Å². The summed E-state index contributed by atoms with van der Waals surface area (Å²) in [6, 6.07) is 21.0. The maximum absolute atomic E-state index is 13.0. The average molecular weight is 527 g/mol. The van der Waals surface area contributed by atoms with Gasteiger partial charge in [0.15, 0.2) is 4.32 Å². The van der Waals surface area contributed by atoms with Gasteiger partial charge >= 0.3 is 0 Å². The van der Waals surface area contributed by atoms with Crippen LogP contribution in [-0.2, 0) is 11.4 Å². The molecule has 0 spiro atoms. The van der Waals surface area contributed by atoms with Crippen molar-refractivity contribution in [1.29, 1.82) is 0 Å². The van der Waals surface area contributed by atoms with Gasteiger partial charge in [-0.15, -0.1) is 0 Å². The van der Waals surface area contributed by atoms with E-state index >= 15 is 0 Å². The molecule has 0 bridgehead atoms. The Morgan fingerprint density at radius 1 is 1.09 bits per heavy atom. The number of thiocarbonyl (C=S) groups is 1. The lowest BCUT2D eigenvalue weighted by Crippen LogP contribution is -2.27. The molecule has 0 saturated carbocycles. The number of hydrogen-bond acceptors (Lipinski definition) is 6. The van der Waals surface area contributed by atoms with Crippen molar-refractivity contribution in [2.75, 3.05) is 4.90 Å². The SMILES string of the molecule is O=C1/C(=C\c2cc(Br)ccc2OCc2ccc([N+](=O)[O-])cc2)SC(=S)N1c1ccccc1. The van der Waals surface area contributed by atoms with Crippen LogP contribution < -0.4 is 9.64 Å². The minimum absolute atomic E-state index is 0.0264. The molecule has 1 aliphatic rings. The van der Waals surface area contributed by atoms with Crippen LogP contribution in [0.25, 0.3) is 6.08 Å². The number of amides is 1. The number of rotatable bonds is 6. The highest BCUT2D eigenvalue weighted by Gasteiger charge is 2.33. The lowest BCUT2D eigenvalue weighted by Gasteiger charge is -2.14. The molecule has 6 nitrogen and oxygen atoms in total. The fourth-order valence-electron chi connectivity index (χ4n) is 3.05. The molecular weight excluding hydrogens is 512 g/mol. The molecule has 0 radical (unpaired) electrons. The molecule has 160 valence electrons. The Morgan fingerprint density at radius 2 is 1.81 bits per heavy atom. The molecule has 0 aliphatic carbocycles. The van der Waals surface area contributed by atoms with Crippen LogP contribution in [0.5, 0.6) is 5.75 Å². The molecule has 0 unspecified atom stereocenters. The van der Waals surface area contributed by atoms with Crippen LogP contribution in [0.3, 0.4) is 0 Å². The fraction of sp³-hybridized carbons (Fsp3) is 0.0435. The summed E-state index contributed by atoms with van der Waals surface area (Å²) in [5.74, 6) is 0.393. The molecule has 1 amide bonds. The van der Waals surface area contributed by atoms with Gasteiger partial charge in [-0.25, -0.2) is 0 Å². The Labute approximate surface area is 202 Å². The minimum atomic E-state index is -0.441. The second-order valence-electron chi connectivity index (χ2n) is 6.75. The summed E-state index contributed by atoms with van der Waals surface area (Å²) in [5.41, 5.74) is 2.26. The van der Waals surface area contributed by atoms with Crippen molar-refractivity contribution < 1.29 is 14.5 Å². The molecule has 1 heterocycles. The third-order valence-electron chi connectivity index (χ3n) is 4.61. The van der Waals surface area contributed by atoms with E-state index < -0.39 is 4.92 Å². The van der Waals surface area contributed by atoms with E-state index in [-0.39, 0.29) is 18.2 Å². The summed E-state index contributed by atoms with van der Waals surface area (Å²) in [7, 11) is 0. The van der Waals surface area contributed by atoms with Gasteiger partial charge in [0, 0.05) is 22.2 Å². The van der Waals surface area contributed by atoms with Crippen molar-refractivity contribution in [2.45, 2.75) is 6.61 Å². The van der Waals surface area contributed by atoms with Crippen molar-refractivity contribution >= 4 is 67.6 Å². The van der Waals surface area contributed by atoms with Crippen LogP contribution in [0.15, 0.2) is 82.2 Å². The van der Waals surface area contributed by atoms with E-state index in [4.69, 9.17) is 17.0 Å². The molecule has 3 aromatic carbocycles. The Balaban J connectivity index is 1.57. The van der Waals surface area contributed by atoms with Gasteiger partial charge in [-0.3, -0.25) is 19.8 Å². The lowest BCUT2D eigenvalue weighted by molar-refractivity contribution is -0.384. The third-order valence-corrected chi connectivity index (χ3v) is 6.40. The molecule has 9 heteroatoms. The van der Waals surface area contributed by atoms with E-state index in [9.17, 15) is 14.9 Å². The van der Waals surface area contributed by atoms with Crippen molar-refractivity contribution in [2.24, 2.45) is 0 Å². The normalized spacial score (nSPS) is 14.8. The van der Waals surface area contributed by atoms with Crippen LogP contribution in [0.1, 0.15) is 11.1 Å². The van der Waals surface area contributed by atoms with E-state index in [0.717, 1.165) is 21.3 Å². The van der Waals surface area contributed by atoms with Crippen molar-refractivity contribution in [1.82, 2.24) is 0 Å². The number of non-ortho nitro benzene ring substituents is 1. The Kier molecular flexibility index (Phi) is 6.69. The highest BCUT2D eigenvalue weighted by Crippen LogP contribution is 2.37. The predicted octanol–water partition coefficient (Wildman–Crippen LogP) is 6.34. The smallest absolute Gasteiger partial charge is 0.270 e. The Bertz CT molecular complexity index is 1230. The van der Waals surface area contributed by atoms with Crippen molar-refractivity contribution in [3.8, 4) is 5.75 Å². The van der Waals surface area contributed by atoms with Crippen molar-refractivity contribution in [3.05, 3.63) is 103 Å². The van der Waals surface area contributed by atoms with Gasteiger partial charge in [0.05, 0.1) is 15.5 Å². The number of benzene rings is 3. The summed E-state index contributed by atoms with van der Waals surface area (Å²) in [5, 5.41) is 10.8. The van der Waals surface area contributed by atoms with E-state index in [2.05, 4.69) is 15.9 Å². The molecular formula is C23H15BrN2O4S2. The number of nitro groups is 1. The minimum Gasteiger partial charge on any atom is -0.488 e. The second kappa shape index (κ2) is 9.64. The van der Waals surface area contributed by atoms with E-state index in [0.29, 0.717) is 15.0 Å². The van der Waals surface area contributed by atoms with Crippen LogP contribution in [0.4, 0.5) is 11.4 Å². The number of nitro benzene ring substituents is 1. The summed E-state index contributed by atoms with van der Waals surface area (Å²) in [6.07, 6.45) is 1.76. The van der Waals surface area contributed by atoms with Gasteiger partial charge in [0.25, 0.3) is 11.6 Å². The van der Waals surface area contributed by atoms with E-state index in [1.807, 2.05) is 42.5 Å². The van der Waals surface area contributed by atoms with Gasteiger partial charge in [-0.1, -0.05) is 58.1 Å². The third kappa shape index (κ3) is 4.90. The second-order valence-corrected chi connectivity index (χ2v) is 9.34.